The lowest BCUT2D eigenvalue weighted by Gasteiger charge is -2.11. The molecule has 0 saturated carbocycles. The van der Waals surface area contributed by atoms with Gasteiger partial charge in [0.15, 0.2) is 0 Å². The molecule has 0 aromatic carbocycles. The summed E-state index contributed by atoms with van der Waals surface area (Å²) in [6, 6.07) is 0. The molecular weight excluding hydrogens is 154 g/mol. The Morgan fingerprint density at radius 1 is 1.42 bits per heavy atom. The normalized spacial score (nSPS) is 10.3. The van der Waals surface area contributed by atoms with E-state index >= 15 is 0 Å². The molecule has 72 valence electrons. The number of amides is 1. The predicted octanol–water partition coefficient (Wildman–Crippen LogP) is 0.921. The van der Waals surface area contributed by atoms with Crippen LogP contribution >= 0.6 is 0 Å². The van der Waals surface area contributed by atoms with E-state index < -0.39 is 0 Å². The zero-order valence-electron chi connectivity index (χ0n) is 7.97. The topological polar surface area (TPSA) is 49.3 Å². The monoisotopic (exact) mass is 173 g/mol. The van der Waals surface area contributed by atoms with Crippen LogP contribution in [0.5, 0.6) is 0 Å². The van der Waals surface area contributed by atoms with Gasteiger partial charge in [0.1, 0.15) is 0 Å². The quantitative estimate of drug-likeness (QED) is 0.587. The molecule has 0 unspecified atom stereocenters. The van der Waals surface area contributed by atoms with Crippen LogP contribution in [0.3, 0.4) is 0 Å². The van der Waals surface area contributed by atoms with Gasteiger partial charge in [-0.3, -0.25) is 4.79 Å². The van der Waals surface area contributed by atoms with E-state index in [1.807, 2.05) is 13.8 Å². The molecule has 0 radical (unpaired) electrons. The lowest BCUT2D eigenvalue weighted by Crippen LogP contribution is -2.31. The fourth-order valence-corrected chi connectivity index (χ4v) is 1.09. The zero-order valence-corrected chi connectivity index (χ0v) is 7.97. The molecule has 0 aromatic rings. The average Bonchev–Trinajstić information content (AvgIpc) is 2.07. The van der Waals surface area contributed by atoms with E-state index in [1.165, 1.54) is 0 Å². The lowest BCUT2D eigenvalue weighted by atomic mass is 10.0. The van der Waals surface area contributed by atoms with E-state index in [0.29, 0.717) is 13.0 Å². The molecule has 1 amide bonds. The number of nitrogens with one attached hydrogen (secondary N) is 1. The molecule has 0 aliphatic carbocycles. The number of aliphatic hydroxyl groups excluding tert-OH is 1. The Balaban J connectivity index is 3.54. The molecular formula is C9H19NO2. The Morgan fingerprint density at radius 3 is 2.42 bits per heavy atom. The summed E-state index contributed by atoms with van der Waals surface area (Å²) in [5.41, 5.74) is 0. The molecule has 0 atom stereocenters. The summed E-state index contributed by atoms with van der Waals surface area (Å²) < 4.78 is 0. The van der Waals surface area contributed by atoms with Crippen LogP contribution in [-0.2, 0) is 4.79 Å². The Bertz CT molecular complexity index is 122. The number of aliphatic hydroxyl groups is 1. The molecule has 0 spiro atoms. The number of carbonyl (C=O) groups excluding carboxylic acids is 1. The number of carbonyl (C=O) groups is 1. The van der Waals surface area contributed by atoms with E-state index in [2.05, 4.69) is 5.32 Å². The van der Waals surface area contributed by atoms with Crippen LogP contribution in [0.25, 0.3) is 0 Å². The number of hydrogen-bond acceptors (Lipinski definition) is 2. The third kappa shape index (κ3) is 4.34. The predicted molar refractivity (Wildman–Crippen MR) is 48.8 cm³/mol. The standard InChI is InChI=1S/C9H19NO2/c1-3-8(4-2)9(12)10-6-5-7-11/h8,11H,3-7H2,1-2H3,(H,10,12). The molecule has 0 rings (SSSR count). The summed E-state index contributed by atoms with van der Waals surface area (Å²) in [6.45, 7) is 4.76. The molecule has 2 N–H and O–H groups in total. The molecule has 0 heterocycles. The molecule has 0 saturated heterocycles. The van der Waals surface area contributed by atoms with Gasteiger partial charge < -0.3 is 10.4 Å². The second-order valence-electron chi connectivity index (χ2n) is 2.88. The molecule has 0 aliphatic heterocycles. The summed E-state index contributed by atoms with van der Waals surface area (Å²) in [6.07, 6.45) is 2.43. The van der Waals surface area contributed by atoms with E-state index in [-0.39, 0.29) is 18.4 Å². The largest absolute Gasteiger partial charge is 0.396 e. The number of rotatable bonds is 6. The highest BCUT2D eigenvalue weighted by Crippen LogP contribution is 2.06. The minimum absolute atomic E-state index is 0.119. The Kier molecular flexibility index (Phi) is 6.76. The van der Waals surface area contributed by atoms with E-state index in [1.54, 1.807) is 0 Å². The van der Waals surface area contributed by atoms with Gasteiger partial charge in [0.25, 0.3) is 0 Å². The van der Waals surface area contributed by atoms with Crippen LogP contribution in [0.4, 0.5) is 0 Å². The third-order valence-electron chi connectivity index (χ3n) is 1.99. The van der Waals surface area contributed by atoms with Crippen molar-refractivity contribution < 1.29 is 9.90 Å². The van der Waals surface area contributed by atoms with Crippen molar-refractivity contribution in [3.63, 3.8) is 0 Å². The second kappa shape index (κ2) is 7.10. The molecule has 12 heavy (non-hydrogen) atoms. The highest BCUT2D eigenvalue weighted by atomic mass is 16.3. The van der Waals surface area contributed by atoms with Gasteiger partial charge in [0.05, 0.1) is 0 Å². The van der Waals surface area contributed by atoms with E-state index in [9.17, 15) is 4.79 Å². The van der Waals surface area contributed by atoms with Gasteiger partial charge in [0, 0.05) is 19.1 Å². The van der Waals surface area contributed by atoms with Crippen molar-refractivity contribution in [1.29, 1.82) is 0 Å². The second-order valence-corrected chi connectivity index (χ2v) is 2.88. The van der Waals surface area contributed by atoms with Crippen LogP contribution in [0.15, 0.2) is 0 Å². The highest BCUT2D eigenvalue weighted by molar-refractivity contribution is 5.78. The third-order valence-corrected chi connectivity index (χ3v) is 1.99. The van der Waals surface area contributed by atoms with Gasteiger partial charge in [-0.2, -0.15) is 0 Å². The summed E-state index contributed by atoms with van der Waals surface area (Å²) in [7, 11) is 0. The summed E-state index contributed by atoms with van der Waals surface area (Å²) in [5, 5.41) is 11.3. The summed E-state index contributed by atoms with van der Waals surface area (Å²) >= 11 is 0. The Hall–Kier alpha value is -0.570. The first-order valence-corrected chi connectivity index (χ1v) is 4.64. The van der Waals surface area contributed by atoms with Crippen molar-refractivity contribution in [3.8, 4) is 0 Å². The fourth-order valence-electron chi connectivity index (χ4n) is 1.09. The van der Waals surface area contributed by atoms with Gasteiger partial charge in [0.2, 0.25) is 5.91 Å². The van der Waals surface area contributed by atoms with Crippen molar-refractivity contribution >= 4 is 5.91 Å². The molecule has 0 fully saturated rings. The van der Waals surface area contributed by atoms with E-state index in [4.69, 9.17) is 5.11 Å². The first kappa shape index (κ1) is 11.4. The summed E-state index contributed by atoms with van der Waals surface area (Å²) in [5.74, 6) is 0.261. The zero-order chi connectivity index (χ0) is 9.40. The molecule has 0 bridgehead atoms. The van der Waals surface area contributed by atoms with Crippen LogP contribution in [0.2, 0.25) is 0 Å². The minimum atomic E-state index is 0.119. The van der Waals surface area contributed by atoms with Crippen LogP contribution in [-0.4, -0.2) is 24.2 Å². The van der Waals surface area contributed by atoms with Crippen LogP contribution in [0, 0.1) is 5.92 Å². The first-order valence-electron chi connectivity index (χ1n) is 4.64. The maximum absolute atomic E-state index is 11.3. The first-order chi connectivity index (χ1) is 5.76. The molecule has 0 aliphatic rings. The highest BCUT2D eigenvalue weighted by Gasteiger charge is 2.12. The van der Waals surface area contributed by atoms with Gasteiger partial charge in [-0.25, -0.2) is 0 Å². The van der Waals surface area contributed by atoms with Crippen molar-refractivity contribution in [2.45, 2.75) is 33.1 Å². The van der Waals surface area contributed by atoms with Gasteiger partial charge in [-0.1, -0.05) is 13.8 Å². The maximum Gasteiger partial charge on any atom is 0.223 e. The summed E-state index contributed by atoms with van der Waals surface area (Å²) in [4.78, 5) is 11.3. The van der Waals surface area contributed by atoms with Gasteiger partial charge >= 0.3 is 0 Å². The molecule has 3 heteroatoms. The Morgan fingerprint density at radius 2 is 2.00 bits per heavy atom. The maximum atomic E-state index is 11.3. The fraction of sp³-hybridized carbons (Fsp3) is 0.889. The van der Waals surface area contributed by atoms with Gasteiger partial charge in [-0.05, 0) is 19.3 Å². The van der Waals surface area contributed by atoms with Crippen molar-refractivity contribution in [3.05, 3.63) is 0 Å². The van der Waals surface area contributed by atoms with Crippen LogP contribution < -0.4 is 5.32 Å². The smallest absolute Gasteiger partial charge is 0.223 e. The average molecular weight is 173 g/mol. The van der Waals surface area contributed by atoms with Gasteiger partial charge in [-0.15, -0.1) is 0 Å². The molecule has 3 nitrogen and oxygen atoms in total. The minimum Gasteiger partial charge on any atom is -0.396 e. The van der Waals surface area contributed by atoms with E-state index in [0.717, 1.165) is 12.8 Å². The molecule has 0 aromatic heterocycles. The van der Waals surface area contributed by atoms with Crippen molar-refractivity contribution in [2.24, 2.45) is 5.92 Å². The van der Waals surface area contributed by atoms with Crippen molar-refractivity contribution in [1.82, 2.24) is 5.32 Å². The Labute approximate surface area is 74.2 Å². The SMILES string of the molecule is CCC(CC)C(=O)NCCCO. The van der Waals surface area contributed by atoms with Crippen molar-refractivity contribution in [2.75, 3.05) is 13.2 Å². The lowest BCUT2D eigenvalue weighted by molar-refractivity contribution is -0.125. The van der Waals surface area contributed by atoms with Crippen LogP contribution in [0.1, 0.15) is 33.1 Å². The number of hydrogen-bond donors (Lipinski definition) is 2.